The molecular formula is C20H25F3N8O. The molecular weight excluding hydrogens is 425 g/mol. The Kier molecular flexibility index (Phi) is 6.11. The molecule has 1 aliphatic heterocycles. The molecule has 3 aromatic heterocycles. The fraction of sp³-hybridized carbons (Fsp3) is 0.600. The maximum atomic E-state index is 12.9. The van der Waals surface area contributed by atoms with Gasteiger partial charge in [0.15, 0.2) is 0 Å². The molecule has 4 rings (SSSR count). The number of aryl methyl sites for hydroxylation is 3. The van der Waals surface area contributed by atoms with Crippen molar-refractivity contribution < 1.29 is 18.0 Å². The molecule has 1 aliphatic rings. The molecule has 0 radical (unpaired) electrons. The molecule has 0 bridgehead atoms. The summed E-state index contributed by atoms with van der Waals surface area (Å²) in [6, 6.07) is 0. The normalized spacial score (nSPS) is 14.4. The van der Waals surface area contributed by atoms with Gasteiger partial charge >= 0.3 is 6.18 Å². The largest absolute Gasteiger partial charge is 0.453 e. The summed E-state index contributed by atoms with van der Waals surface area (Å²) in [6.45, 7) is 4.71. The summed E-state index contributed by atoms with van der Waals surface area (Å²) >= 11 is 0. The number of fused-ring (bicyclic) bond motifs is 2. The Morgan fingerprint density at radius 3 is 2.69 bits per heavy atom. The Balaban J connectivity index is 1.35. The van der Waals surface area contributed by atoms with Crippen LogP contribution >= 0.6 is 0 Å². The second kappa shape index (κ2) is 8.83. The van der Waals surface area contributed by atoms with Gasteiger partial charge in [-0.1, -0.05) is 6.42 Å². The van der Waals surface area contributed by atoms with E-state index in [2.05, 4.69) is 35.1 Å². The molecule has 1 amide bonds. The van der Waals surface area contributed by atoms with E-state index in [1.54, 1.807) is 13.8 Å². The van der Waals surface area contributed by atoms with Crippen LogP contribution in [0.2, 0.25) is 0 Å². The van der Waals surface area contributed by atoms with E-state index in [0.717, 1.165) is 42.0 Å². The first kappa shape index (κ1) is 22.2. The number of aromatic nitrogens is 7. The fourth-order valence-electron chi connectivity index (χ4n) is 4.06. The standard InChI is InChI=1S/C20H25F3N8O/c1-12-14(13(2)31-19(25-12)26-18(29-31)20(21,22)23)7-8-17(32)24-10-9-16-28-27-15-6-4-3-5-11-30(15)16/h3-11H2,1-2H3,(H,24,32). The summed E-state index contributed by atoms with van der Waals surface area (Å²) in [5.74, 6) is 0.422. The molecule has 172 valence electrons. The zero-order valence-electron chi connectivity index (χ0n) is 18.0. The van der Waals surface area contributed by atoms with Gasteiger partial charge in [0.2, 0.25) is 5.91 Å². The van der Waals surface area contributed by atoms with E-state index < -0.39 is 12.0 Å². The third-order valence-electron chi connectivity index (χ3n) is 5.76. The van der Waals surface area contributed by atoms with Crippen LogP contribution in [0.3, 0.4) is 0 Å². The Labute approximate surface area is 182 Å². The summed E-state index contributed by atoms with van der Waals surface area (Å²) in [5.41, 5.74) is 1.72. The maximum Gasteiger partial charge on any atom is 0.453 e. The molecule has 0 saturated carbocycles. The van der Waals surface area contributed by atoms with Gasteiger partial charge in [0.25, 0.3) is 11.6 Å². The lowest BCUT2D eigenvalue weighted by Gasteiger charge is -2.11. The molecule has 3 aromatic rings. The molecule has 0 unspecified atom stereocenters. The van der Waals surface area contributed by atoms with E-state index in [-0.39, 0.29) is 18.1 Å². The van der Waals surface area contributed by atoms with Crippen LogP contribution in [0.1, 0.15) is 60.1 Å². The van der Waals surface area contributed by atoms with Crippen LogP contribution in [0.4, 0.5) is 13.2 Å². The molecule has 1 N–H and O–H groups in total. The zero-order chi connectivity index (χ0) is 22.9. The molecule has 0 aliphatic carbocycles. The average Bonchev–Trinajstić information content (AvgIpc) is 3.25. The van der Waals surface area contributed by atoms with E-state index in [9.17, 15) is 18.0 Å². The highest BCUT2D eigenvalue weighted by Crippen LogP contribution is 2.27. The van der Waals surface area contributed by atoms with Crippen molar-refractivity contribution >= 4 is 11.7 Å². The minimum Gasteiger partial charge on any atom is -0.356 e. The van der Waals surface area contributed by atoms with E-state index >= 15 is 0 Å². The predicted molar refractivity (Wildman–Crippen MR) is 108 cm³/mol. The van der Waals surface area contributed by atoms with E-state index in [1.165, 1.54) is 6.42 Å². The van der Waals surface area contributed by atoms with Crippen molar-refractivity contribution in [1.82, 2.24) is 39.7 Å². The minimum atomic E-state index is -4.64. The number of carbonyl (C=O) groups is 1. The van der Waals surface area contributed by atoms with Crippen molar-refractivity contribution in [3.63, 3.8) is 0 Å². The van der Waals surface area contributed by atoms with Gasteiger partial charge in [-0.25, -0.2) is 9.50 Å². The van der Waals surface area contributed by atoms with Gasteiger partial charge in [-0.05, 0) is 38.7 Å². The van der Waals surface area contributed by atoms with Gasteiger partial charge in [0, 0.05) is 43.7 Å². The average molecular weight is 450 g/mol. The number of nitrogens with zero attached hydrogens (tertiary/aromatic N) is 7. The van der Waals surface area contributed by atoms with Crippen LogP contribution in [0.5, 0.6) is 0 Å². The monoisotopic (exact) mass is 450 g/mol. The van der Waals surface area contributed by atoms with Crippen LogP contribution in [0.25, 0.3) is 5.78 Å². The molecule has 4 heterocycles. The van der Waals surface area contributed by atoms with Crippen LogP contribution in [-0.2, 0) is 36.8 Å². The summed E-state index contributed by atoms with van der Waals surface area (Å²) in [5, 5.41) is 14.9. The first-order valence-electron chi connectivity index (χ1n) is 10.7. The lowest BCUT2D eigenvalue weighted by atomic mass is 10.1. The number of alkyl halides is 3. The number of carbonyl (C=O) groups excluding carboxylic acids is 1. The van der Waals surface area contributed by atoms with Crippen molar-refractivity contribution in [3.8, 4) is 0 Å². The van der Waals surface area contributed by atoms with Crippen molar-refractivity contribution in [2.75, 3.05) is 6.54 Å². The first-order valence-corrected chi connectivity index (χ1v) is 10.7. The van der Waals surface area contributed by atoms with Gasteiger partial charge in [-0.2, -0.15) is 18.2 Å². The quantitative estimate of drug-likeness (QED) is 0.619. The highest BCUT2D eigenvalue weighted by atomic mass is 19.4. The molecule has 0 atom stereocenters. The minimum absolute atomic E-state index is 0.104. The number of halogens is 3. The number of rotatable bonds is 6. The molecule has 0 saturated heterocycles. The lowest BCUT2D eigenvalue weighted by molar-refractivity contribution is -0.144. The van der Waals surface area contributed by atoms with Gasteiger partial charge in [0.1, 0.15) is 11.6 Å². The second-order valence-electron chi connectivity index (χ2n) is 8.00. The van der Waals surface area contributed by atoms with E-state index in [0.29, 0.717) is 36.3 Å². The molecule has 9 nitrogen and oxygen atoms in total. The second-order valence-corrected chi connectivity index (χ2v) is 8.00. The van der Waals surface area contributed by atoms with Crippen molar-refractivity contribution in [3.05, 3.63) is 34.4 Å². The van der Waals surface area contributed by atoms with Crippen LogP contribution in [-0.4, -0.2) is 46.8 Å². The zero-order valence-corrected chi connectivity index (χ0v) is 18.0. The SMILES string of the molecule is Cc1nc2nc(C(F)(F)F)nn2c(C)c1CCC(=O)NCCc1nnc2n1CCCCC2. The molecule has 12 heteroatoms. The number of amides is 1. The van der Waals surface area contributed by atoms with E-state index in [1.807, 2.05) is 0 Å². The molecule has 0 aromatic carbocycles. The van der Waals surface area contributed by atoms with Gasteiger partial charge < -0.3 is 9.88 Å². The highest BCUT2D eigenvalue weighted by Gasteiger charge is 2.37. The van der Waals surface area contributed by atoms with Gasteiger partial charge in [-0.15, -0.1) is 15.3 Å². The number of nitrogens with one attached hydrogen (secondary N) is 1. The van der Waals surface area contributed by atoms with Crippen LogP contribution in [0.15, 0.2) is 0 Å². The lowest BCUT2D eigenvalue weighted by Crippen LogP contribution is -2.27. The number of hydrogen-bond donors (Lipinski definition) is 1. The van der Waals surface area contributed by atoms with Gasteiger partial charge in [-0.3, -0.25) is 4.79 Å². The topological polar surface area (TPSA) is 103 Å². The summed E-state index contributed by atoms with van der Waals surface area (Å²) < 4.78 is 42.0. The van der Waals surface area contributed by atoms with Gasteiger partial charge in [0.05, 0.1) is 0 Å². The summed E-state index contributed by atoms with van der Waals surface area (Å²) in [7, 11) is 0. The van der Waals surface area contributed by atoms with Crippen molar-refractivity contribution in [2.45, 2.75) is 71.5 Å². The Morgan fingerprint density at radius 1 is 1.09 bits per heavy atom. The Morgan fingerprint density at radius 2 is 1.91 bits per heavy atom. The summed E-state index contributed by atoms with van der Waals surface area (Å²) in [4.78, 5) is 20.0. The smallest absolute Gasteiger partial charge is 0.356 e. The molecule has 0 fully saturated rings. The predicted octanol–water partition coefficient (Wildman–Crippen LogP) is 2.37. The number of hydrogen-bond acceptors (Lipinski definition) is 6. The van der Waals surface area contributed by atoms with Crippen LogP contribution in [0, 0.1) is 13.8 Å². The van der Waals surface area contributed by atoms with Crippen molar-refractivity contribution in [2.24, 2.45) is 0 Å². The summed E-state index contributed by atoms with van der Waals surface area (Å²) in [6.07, 6.45) is 0.845. The Bertz CT molecular complexity index is 1130. The third-order valence-corrected chi connectivity index (χ3v) is 5.76. The van der Waals surface area contributed by atoms with Crippen molar-refractivity contribution in [1.29, 1.82) is 0 Å². The maximum absolute atomic E-state index is 12.9. The Hall–Kier alpha value is -3.05. The first-order chi connectivity index (χ1) is 15.2. The highest BCUT2D eigenvalue weighted by molar-refractivity contribution is 5.76. The third kappa shape index (κ3) is 4.58. The molecule has 0 spiro atoms. The molecule has 32 heavy (non-hydrogen) atoms. The fourth-order valence-corrected chi connectivity index (χ4v) is 4.06. The van der Waals surface area contributed by atoms with Crippen LogP contribution < -0.4 is 5.32 Å². The van der Waals surface area contributed by atoms with E-state index in [4.69, 9.17) is 0 Å².